The van der Waals surface area contributed by atoms with E-state index in [2.05, 4.69) is 0 Å². The first-order chi connectivity index (χ1) is 5.57. The molecule has 6 nitrogen and oxygen atoms in total. The maximum absolute atomic E-state index is 11.1. The molecule has 12 heavy (non-hydrogen) atoms. The summed E-state index contributed by atoms with van der Waals surface area (Å²) in [7, 11) is 1.49. The highest BCUT2D eigenvalue weighted by atomic mass is 16.4. The van der Waals surface area contributed by atoms with Crippen molar-refractivity contribution in [2.24, 2.45) is 0 Å². The summed E-state index contributed by atoms with van der Waals surface area (Å²) in [5.74, 6) is 0. The van der Waals surface area contributed by atoms with Crippen molar-refractivity contribution in [2.45, 2.75) is 6.04 Å². The van der Waals surface area contributed by atoms with Gasteiger partial charge in [0.2, 0.25) is 0 Å². The van der Waals surface area contributed by atoms with Crippen molar-refractivity contribution in [3.63, 3.8) is 0 Å². The summed E-state index contributed by atoms with van der Waals surface area (Å²) in [6.45, 7) is -0.0794. The second kappa shape index (κ2) is 2.98. The number of rotatable bonds is 1. The lowest BCUT2D eigenvalue weighted by atomic mass is 10.3. The van der Waals surface area contributed by atoms with E-state index in [4.69, 9.17) is 10.2 Å². The molecule has 68 valence electrons. The molecule has 0 bridgehead atoms. The van der Waals surface area contributed by atoms with Crippen LogP contribution < -0.4 is 0 Å². The normalized spacial score (nSPS) is 23.5. The lowest BCUT2D eigenvalue weighted by Gasteiger charge is -2.14. The minimum absolute atomic E-state index is 0.252. The maximum atomic E-state index is 11.1. The molecule has 0 saturated carbocycles. The number of carbonyl (C=O) groups is 2. The molecule has 1 fully saturated rings. The standard InChI is InChI=1S/C6H10N2O4/c1-7-2-4(3-9)8(5(7)10)6(11)12/h4,9H,2-3H2,1H3,(H,11,12). The number of aliphatic hydroxyl groups is 1. The SMILES string of the molecule is CN1CC(CO)N(C(=O)O)C1=O. The fraction of sp³-hybridized carbons (Fsp3) is 0.667. The molecule has 0 aromatic carbocycles. The Kier molecular flexibility index (Phi) is 2.18. The molecule has 0 spiro atoms. The van der Waals surface area contributed by atoms with Crippen molar-refractivity contribution in [3.8, 4) is 0 Å². The third-order valence-corrected chi connectivity index (χ3v) is 1.80. The Morgan fingerprint density at radius 1 is 1.75 bits per heavy atom. The average Bonchev–Trinajstić information content (AvgIpc) is 2.28. The summed E-state index contributed by atoms with van der Waals surface area (Å²) in [5, 5.41) is 17.3. The molecule has 3 amide bonds. The second-order valence-corrected chi connectivity index (χ2v) is 2.65. The Bertz CT molecular complexity index is 218. The largest absolute Gasteiger partial charge is 0.465 e. The third kappa shape index (κ3) is 1.20. The molecule has 1 rings (SSSR count). The highest BCUT2D eigenvalue weighted by molar-refractivity contribution is 5.92. The quantitative estimate of drug-likeness (QED) is 0.555. The van der Waals surface area contributed by atoms with Gasteiger partial charge in [-0.15, -0.1) is 0 Å². The van der Waals surface area contributed by atoms with E-state index in [9.17, 15) is 9.59 Å². The molecule has 6 heteroatoms. The van der Waals surface area contributed by atoms with Crippen LogP contribution in [0.25, 0.3) is 0 Å². The van der Waals surface area contributed by atoms with E-state index in [0.717, 1.165) is 0 Å². The van der Waals surface area contributed by atoms with Gasteiger partial charge in [0.15, 0.2) is 0 Å². The molecule has 0 aromatic rings. The Morgan fingerprint density at radius 3 is 2.67 bits per heavy atom. The molecule has 2 N–H and O–H groups in total. The van der Waals surface area contributed by atoms with Gasteiger partial charge in [-0.3, -0.25) is 0 Å². The van der Waals surface area contributed by atoms with Crippen LogP contribution in [-0.4, -0.2) is 58.4 Å². The van der Waals surface area contributed by atoms with Crippen LogP contribution in [0.3, 0.4) is 0 Å². The molecule has 0 radical (unpaired) electrons. The fourth-order valence-electron chi connectivity index (χ4n) is 1.19. The predicted molar refractivity (Wildman–Crippen MR) is 38.8 cm³/mol. The number of imide groups is 1. The number of carboxylic acid groups (broad SMARTS) is 1. The number of hydrogen-bond donors (Lipinski definition) is 2. The zero-order valence-electron chi connectivity index (χ0n) is 6.60. The van der Waals surface area contributed by atoms with Gasteiger partial charge in [0.25, 0.3) is 0 Å². The van der Waals surface area contributed by atoms with Gasteiger partial charge in [0.05, 0.1) is 12.6 Å². The number of nitrogens with zero attached hydrogens (tertiary/aromatic N) is 2. The third-order valence-electron chi connectivity index (χ3n) is 1.80. The molecule has 1 saturated heterocycles. The van der Waals surface area contributed by atoms with Crippen LogP contribution in [0, 0.1) is 0 Å². The topological polar surface area (TPSA) is 81.1 Å². The zero-order chi connectivity index (χ0) is 9.30. The minimum Gasteiger partial charge on any atom is -0.465 e. The van der Waals surface area contributed by atoms with E-state index in [1.807, 2.05) is 0 Å². The predicted octanol–water partition coefficient (Wildman–Crippen LogP) is -0.607. The second-order valence-electron chi connectivity index (χ2n) is 2.65. The van der Waals surface area contributed by atoms with Gasteiger partial charge < -0.3 is 15.1 Å². The van der Waals surface area contributed by atoms with Crippen molar-refractivity contribution in [3.05, 3.63) is 0 Å². The van der Waals surface area contributed by atoms with E-state index >= 15 is 0 Å². The lowest BCUT2D eigenvalue weighted by Crippen LogP contribution is -2.40. The monoisotopic (exact) mass is 174 g/mol. The summed E-state index contributed by atoms with van der Waals surface area (Å²) in [6.07, 6.45) is -1.32. The van der Waals surface area contributed by atoms with Gasteiger partial charge >= 0.3 is 12.1 Å². The number of amides is 3. The molecule has 1 atom stereocenters. The van der Waals surface area contributed by atoms with E-state index in [1.165, 1.54) is 11.9 Å². The van der Waals surface area contributed by atoms with Crippen LogP contribution >= 0.6 is 0 Å². The average molecular weight is 174 g/mol. The number of likely N-dealkylation sites (N-methyl/N-ethyl adjacent to an activating group) is 1. The van der Waals surface area contributed by atoms with Gasteiger partial charge in [-0.05, 0) is 0 Å². The smallest absolute Gasteiger partial charge is 0.415 e. The molecule has 1 aliphatic heterocycles. The van der Waals surface area contributed by atoms with E-state index in [1.54, 1.807) is 0 Å². The van der Waals surface area contributed by atoms with Crippen LogP contribution in [-0.2, 0) is 0 Å². The van der Waals surface area contributed by atoms with Crippen molar-refractivity contribution >= 4 is 12.1 Å². The van der Waals surface area contributed by atoms with E-state index in [-0.39, 0.29) is 13.2 Å². The van der Waals surface area contributed by atoms with Crippen LogP contribution in [0.2, 0.25) is 0 Å². The Morgan fingerprint density at radius 2 is 2.33 bits per heavy atom. The first-order valence-electron chi connectivity index (χ1n) is 3.46. The van der Waals surface area contributed by atoms with Crippen LogP contribution in [0.4, 0.5) is 9.59 Å². The zero-order valence-corrected chi connectivity index (χ0v) is 6.60. The first kappa shape index (κ1) is 8.79. The summed E-state index contributed by atoms with van der Waals surface area (Å²) < 4.78 is 0. The Labute approximate surface area is 69.0 Å². The lowest BCUT2D eigenvalue weighted by molar-refractivity contribution is 0.128. The molecular formula is C6H10N2O4. The van der Waals surface area contributed by atoms with Gasteiger partial charge in [-0.2, -0.15) is 0 Å². The number of carbonyl (C=O) groups excluding carboxylic acids is 1. The molecule has 0 aromatic heterocycles. The van der Waals surface area contributed by atoms with Gasteiger partial charge in [-0.25, -0.2) is 14.5 Å². The number of aliphatic hydroxyl groups excluding tert-OH is 1. The Hall–Kier alpha value is -1.30. The van der Waals surface area contributed by atoms with Crippen molar-refractivity contribution in [2.75, 3.05) is 20.2 Å². The van der Waals surface area contributed by atoms with Gasteiger partial charge in [0, 0.05) is 13.6 Å². The Balaban J connectivity index is 2.80. The summed E-state index contributed by atoms with van der Waals surface area (Å²) >= 11 is 0. The van der Waals surface area contributed by atoms with Gasteiger partial charge in [0.1, 0.15) is 0 Å². The molecular weight excluding hydrogens is 164 g/mol. The number of urea groups is 1. The van der Waals surface area contributed by atoms with Crippen molar-refractivity contribution in [1.29, 1.82) is 0 Å². The molecule has 1 aliphatic rings. The highest BCUT2D eigenvalue weighted by Crippen LogP contribution is 2.13. The van der Waals surface area contributed by atoms with Crippen LogP contribution in [0.15, 0.2) is 0 Å². The van der Waals surface area contributed by atoms with Crippen molar-refractivity contribution in [1.82, 2.24) is 9.80 Å². The summed E-state index contributed by atoms with van der Waals surface area (Å²) in [6, 6.07) is -1.21. The maximum Gasteiger partial charge on any atom is 0.415 e. The summed E-state index contributed by atoms with van der Waals surface area (Å²) in [5.41, 5.74) is 0. The molecule has 1 heterocycles. The summed E-state index contributed by atoms with van der Waals surface area (Å²) in [4.78, 5) is 23.5. The van der Waals surface area contributed by atoms with Gasteiger partial charge in [-0.1, -0.05) is 0 Å². The van der Waals surface area contributed by atoms with Crippen LogP contribution in [0.5, 0.6) is 0 Å². The molecule has 0 aliphatic carbocycles. The van der Waals surface area contributed by atoms with Crippen molar-refractivity contribution < 1.29 is 19.8 Å². The minimum atomic E-state index is -1.32. The van der Waals surface area contributed by atoms with E-state index in [0.29, 0.717) is 4.90 Å². The fourth-order valence-corrected chi connectivity index (χ4v) is 1.19. The first-order valence-corrected chi connectivity index (χ1v) is 3.46. The van der Waals surface area contributed by atoms with E-state index < -0.39 is 18.2 Å². The van der Waals surface area contributed by atoms with Crippen LogP contribution in [0.1, 0.15) is 0 Å². The molecule has 1 unspecified atom stereocenters. The number of hydrogen-bond acceptors (Lipinski definition) is 3. The highest BCUT2D eigenvalue weighted by Gasteiger charge is 2.38.